The molecule has 23 heavy (non-hydrogen) atoms. The average molecular weight is 311 g/mol. The molecular weight excluding hydrogens is 286 g/mol. The minimum atomic E-state index is 0.262. The van der Waals surface area contributed by atoms with Crippen molar-refractivity contribution in [1.82, 2.24) is 5.32 Å². The average Bonchev–Trinajstić information content (AvgIpc) is 3.09. The van der Waals surface area contributed by atoms with Gasteiger partial charge in [-0.1, -0.05) is 42.0 Å². The lowest BCUT2D eigenvalue weighted by atomic mass is 10.1. The van der Waals surface area contributed by atoms with Crippen molar-refractivity contribution in [3.05, 3.63) is 65.2 Å². The predicted molar refractivity (Wildman–Crippen MR) is 92.6 cm³/mol. The number of hydrogen-bond acceptors (Lipinski definition) is 3. The molecule has 1 N–H and O–H groups in total. The van der Waals surface area contributed by atoms with E-state index in [0.29, 0.717) is 6.61 Å². The largest absolute Gasteiger partial charge is 0.491 e. The Morgan fingerprint density at radius 3 is 2.70 bits per heavy atom. The van der Waals surface area contributed by atoms with Crippen molar-refractivity contribution in [1.29, 1.82) is 0 Å². The number of aryl methyl sites for hydroxylation is 1. The third-order valence-corrected chi connectivity index (χ3v) is 4.14. The predicted octanol–water partition coefficient (Wildman–Crippen LogP) is 3.84. The second kappa shape index (κ2) is 8.14. The van der Waals surface area contributed by atoms with Gasteiger partial charge in [0.1, 0.15) is 12.4 Å². The normalized spacial score (nSPS) is 17.3. The van der Waals surface area contributed by atoms with Crippen molar-refractivity contribution in [2.75, 3.05) is 13.2 Å². The highest BCUT2D eigenvalue weighted by Gasteiger charge is 2.15. The molecule has 1 aliphatic heterocycles. The molecule has 0 radical (unpaired) electrons. The molecule has 0 saturated carbocycles. The van der Waals surface area contributed by atoms with Crippen molar-refractivity contribution in [2.24, 2.45) is 0 Å². The summed E-state index contributed by atoms with van der Waals surface area (Å²) in [5.41, 5.74) is 3.84. The maximum absolute atomic E-state index is 5.86. The van der Waals surface area contributed by atoms with E-state index in [0.717, 1.165) is 38.3 Å². The smallest absolute Gasteiger partial charge is 0.119 e. The fourth-order valence-electron chi connectivity index (χ4n) is 2.77. The van der Waals surface area contributed by atoms with E-state index in [-0.39, 0.29) is 6.10 Å². The van der Waals surface area contributed by atoms with Gasteiger partial charge in [-0.05, 0) is 43.0 Å². The minimum absolute atomic E-state index is 0.262. The summed E-state index contributed by atoms with van der Waals surface area (Å²) in [6.45, 7) is 5.35. The summed E-state index contributed by atoms with van der Waals surface area (Å²) in [7, 11) is 0. The molecule has 1 atom stereocenters. The molecule has 0 amide bonds. The summed E-state index contributed by atoms with van der Waals surface area (Å²) in [4.78, 5) is 0. The van der Waals surface area contributed by atoms with Crippen molar-refractivity contribution < 1.29 is 9.47 Å². The fourth-order valence-corrected chi connectivity index (χ4v) is 2.77. The first-order valence-electron chi connectivity index (χ1n) is 8.39. The van der Waals surface area contributed by atoms with Gasteiger partial charge in [0.05, 0.1) is 6.10 Å². The Hall–Kier alpha value is -1.84. The standard InChI is InChI=1S/C20H25NO2/c1-16-7-9-17(10-8-16)13-21-14-18-4-2-5-19(12-18)23-15-20-6-3-11-22-20/h2,4-5,7-10,12,20-21H,3,6,11,13-15H2,1H3. The van der Waals surface area contributed by atoms with Crippen LogP contribution >= 0.6 is 0 Å². The fraction of sp³-hybridized carbons (Fsp3) is 0.400. The Morgan fingerprint density at radius 2 is 1.91 bits per heavy atom. The van der Waals surface area contributed by atoms with Gasteiger partial charge in [0, 0.05) is 19.7 Å². The zero-order valence-electron chi connectivity index (χ0n) is 13.8. The highest BCUT2D eigenvalue weighted by atomic mass is 16.5. The molecule has 1 unspecified atom stereocenters. The maximum atomic E-state index is 5.86. The summed E-state index contributed by atoms with van der Waals surface area (Å²) >= 11 is 0. The summed E-state index contributed by atoms with van der Waals surface area (Å²) < 4.78 is 11.4. The van der Waals surface area contributed by atoms with Gasteiger partial charge in [-0.15, -0.1) is 0 Å². The first kappa shape index (κ1) is 16.0. The zero-order valence-corrected chi connectivity index (χ0v) is 13.8. The molecular formula is C20H25NO2. The third kappa shape index (κ3) is 5.08. The lowest BCUT2D eigenvalue weighted by Crippen LogP contribution is -2.16. The van der Waals surface area contributed by atoms with Gasteiger partial charge in [0.2, 0.25) is 0 Å². The monoisotopic (exact) mass is 311 g/mol. The second-order valence-corrected chi connectivity index (χ2v) is 6.18. The first-order chi connectivity index (χ1) is 11.3. The number of hydrogen-bond donors (Lipinski definition) is 1. The van der Waals surface area contributed by atoms with Crippen LogP contribution in [0.25, 0.3) is 0 Å². The molecule has 3 rings (SSSR count). The minimum Gasteiger partial charge on any atom is -0.491 e. The molecule has 1 saturated heterocycles. The van der Waals surface area contributed by atoms with Crippen LogP contribution in [0.3, 0.4) is 0 Å². The van der Waals surface area contributed by atoms with Gasteiger partial charge >= 0.3 is 0 Å². The van der Waals surface area contributed by atoms with Crippen LogP contribution in [0.15, 0.2) is 48.5 Å². The Labute approximate surface area is 138 Å². The van der Waals surface area contributed by atoms with Crippen LogP contribution in [0.5, 0.6) is 5.75 Å². The number of rotatable bonds is 7. The van der Waals surface area contributed by atoms with Crippen LogP contribution in [-0.4, -0.2) is 19.3 Å². The SMILES string of the molecule is Cc1ccc(CNCc2cccc(OCC3CCCO3)c2)cc1. The lowest BCUT2D eigenvalue weighted by Gasteiger charge is -2.12. The number of benzene rings is 2. The molecule has 3 heteroatoms. The van der Waals surface area contributed by atoms with E-state index in [4.69, 9.17) is 9.47 Å². The molecule has 1 heterocycles. The molecule has 3 nitrogen and oxygen atoms in total. The van der Waals surface area contributed by atoms with Crippen LogP contribution in [0.4, 0.5) is 0 Å². The number of nitrogens with one attached hydrogen (secondary N) is 1. The van der Waals surface area contributed by atoms with Crippen molar-refractivity contribution in [3.63, 3.8) is 0 Å². The number of ether oxygens (including phenoxy) is 2. The van der Waals surface area contributed by atoms with Crippen molar-refractivity contribution >= 4 is 0 Å². The summed E-state index contributed by atoms with van der Waals surface area (Å²) in [6.07, 6.45) is 2.52. The van der Waals surface area contributed by atoms with Crippen LogP contribution in [0.1, 0.15) is 29.5 Å². The van der Waals surface area contributed by atoms with Crippen molar-refractivity contribution in [3.8, 4) is 5.75 Å². The van der Waals surface area contributed by atoms with Gasteiger partial charge in [0.15, 0.2) is 0 Å². The topological polar surface area (TPSA) is 30.5 Å². The quantitative estimate of drug-likeness (QED) is 0.842. The molecule has 2 aromatic rings. The van der Waals surface area contributed by atoms with Gasteiger partial charge < -0.3 is 14.8 Å². The molecule has 0 spiro atoms. The van der Waals surface area contributed by atoms with Crippen LogP contribution < -0.4 is 10.1 Å². The van der Waals surface area contributed by atoms with E-state index in [1.807, 2.05) is 12.1 Å². The van der Waals surface area contributed by atoms with E-state index in [2.05, 4.69) is 48.6 Å². The molecule has 2 aromatic carbocycles. The van der Waals surface area contributed by atoms with Crippen molar-refractivity contribution in [2.45, 2.75) is 39.0 Å². The molecule has 1 aliphatic rings. The van der Waals surface area contributed by atoms with E-state index < -0.39 is 0 Å². The summed E-state index contributed by atoms with van der Waals surface area (Å²) in [5, 5.41) is 3.48. The summed E-state index contributed by atoms with van der Waals surface area (Å²) in [5.74, 6) is 0.926. The first-order valence-corrected chi connectivity index (χ1v) is 8.39. The zero-order chi connectivity index (χ0) is 15.9. The molecule has 0 aromatic heterocycles. The van der Waals surface area contributed by atoms with Crippen LogP contribution in [0, 0.1) is 6.92 Å². The second-order valence-electron chi connectivity index (χ2n) is 6.18. The van der Waals surface area contributed by atoms with Crippen LogP contribution in [-0.2, 0) is 17.8 Å². The highest BCUT2D eigenvalue weighted by Crippen LogP contribution is 2.17. The van der Waals surface area contributed by atoms with Gasteiger partial charge in [0.25, 0.3) is 0 Å². The third-order valence-electron chi connectivity index (χ3n) is 4.14. The highest BCUT2D eigenvalue weighted by molar-refractivity contribution is 5.28. The Morgan fingerprint density at radius 1 is 1.09 bits per heavy atom. The lowest BCUT2D eigenvalue weighted by molar-refractivity contribution is 0.0679. The van der Waals surface area contributed by atoms with E-state index >= 15 is 0 Å². The molecule has 0 aliphatic carbocycles. The Bertz CT molecular complexity index is 603. The van der Waals surface area contributed by atoms with E-state index in [1.165, 1.54) is 16.7 Å². The molecule has 1 fully saturated rings. The molecule has 122 valence electrons. The van der Waals surface area contributed by atoms with E-state index in [9.17, 15) is 0 Å². The molecule has 0 bridgehead atoms. The summed E-state index contributed by atoms with van der Waals surface area (Å²) in [6, 6.07) is 16.9. The van der Waals surface area contributed by atoms with Crippen LogP contribution in [0.2, 0.25) is 0 Å². The maximum Gasteiger partial charge on any atom is 0.119 e. The Balaban J connectivity index is 1.46. The van der Waals surface area contributed by atoms with Gasteiger partial charge in [-0.25, -0.2) is 0 Å². The van der Waals surface area contributed by atoms with E-state index in [1.54, 1.807) is 0 Å². The Kier molecular flexibility index (Phi) is 5.67. The van der Waals surface area contributed by atoms with Gasteiger partial charge in [-0.2, -0.15) is 0 Å². The van der Waals surface area contributed by atoms with Gasteiger partial charge in [-0.3, -0.25) is 0 Å².